The highest BCUT2D eigenvalue weighted by molar-refractivity contribution is 7.89. The van der Waals surface area contributed by atoms with Crippen LogP contribution in [0.5, 0.6) is 0 Å². The van der Waals surface area contributed by atoms with Crippen molar-refractivity contribution in [2.24, 2.45) is 16.7 Å². The normalized spacial score (nSPS) is 53.9. The monoisotopic (exact) mass is 289 g/mol. The molecule has 2 aliphatic carbocycles. The number of fused-ring (bicyclic) bond motifs is 1. The second kappa shape index (κ2) is 2.87. The van der Waals surface area contributed by atoms with Crippen molar-refractivity contribution in [3.63, 3.8) is 0 Å². The maximum absolute atomic E-state index is 12.3. The summed E-state index contributed by atoms with van der Waals surface area (Å²) in [6, 6.07) is 0. The van der Waals surface area contributed by atoms with E-state index in [4.69, 9.17) is 14.3 Å². The fraction of sp³-hybridized carbons (Fsp3) is 1.00. The number of methoxy groups -OCH3 is 2. The first-order chi connectivity index (χ1) is 8.76. The lowest BCUT2D eigenvalue weighted by Crippen LogP contribution is -2.57. The molecule has 0 aromatic rings. The average Bonchev–Trinajstić information content (AvgIpc) is 2.96. The summed E-state index contributed by atoms with van der Waals surface area (Å²) in [5.74, 6) is -0.716. The van der Waals surface area contributed by atoms with E-state index in [9.17, 15) is 8.42 Å². The Morgan fingerprint density at radius 1 is 1.26 bits per heavy atom. The highest BCUT2D eigenvalue weighted by Gasteiger charge is 2.98. The molecule has 2 heterocycles. The summed E-state index contributed by atoms with van der Waals surface area (Å²) in [5, 5.41) is 0. The van der Waals surface area contributed by atoms with Crippen LogP contribution in [-0.4, -0.2) is 44.4 Å². The fourth-order valence-corrected chi connectivity index (χ4v) is 7.79. The number of ether oxygens (including phenoxy) is 2. The molecular weight excluding hydrogens is 270 g/mol. The van der Waals surface area contributed by atoms with Gasteiger partial charge in [0, 0.05) is 25.6 Å². The van der Waals surface area contributed by atoms with Crippen LogP contribution in [0, 0.1) is 16.7 Å². The van der Waals surface area contributed by atoms with Crippen molar-refractivity contribution in [2.75, 3.05) is 20.0 Å². The number of hydrogen-bond acceptors (Lipinski definition) is 5. The molecule has 4 atom stereocenters. The molecule has 108 valence electrons. The van der Waals surface area contributed by atoms with Gasteiger partial charge in [0.15, 0.2) is 0 Å². The lowest BCUT2D eigenvalue weighted by atomic mass is 9.68. The molecule has 2 bridgehead atoms. The molecule has 0 N–H and O–H groups in total. The standard InChI is InChI=1S/C12H19NO5S/c1-9(2)8-5-6-10(9)7-19(14,15)13-12(10,18-13)11(8,16-3)17-4/h8H,5-7H2,1-4H3/t8?,10-,12?,13?/m0/s1. The quantitative estimate of drug-likeness (QED) is 0.553. The van der Waals surface area contributed by atoms with Gasteiger partial charge in [-0.15, -0.1) is 0 Å². The SMILES string of the molecule is COC1(OC)C2CC[C@]3(CS(=O)(=O)N4OC413)C2(C)C. The lowest BCUT2D eigenvalue weighted by molar-refractivity contribution is -0.277. The van der Waals surface area contributed by atoms with Crippen LogP contribution in [0.4, 0.5) is 0 Å². The van der Waals surface area contributed by atoms with Crippen molar-refractivity contribution >= 4 is 10.0 Å². The minimum Gasteiger partial charge on any atom is -0.349 e. The molecule has 2 saturated carbocycles. The van der Waals surface area contributed by atoms with E-state index in [-0.39, 0.29) is 17.1 Å². The molecule has 4 aliphatic rings. The first kappa shape index (κ1) is 12.5. The molecule has 7 heteroatoms. The first-order valence-corrected chi connectivity index (χ1v) is 8.19. The molecule has 6 nitrogen and oxygen atoms in total. The Morgan fingerprint density at radius 3 is 2.42 bits per heavy atom. The maximum Gasteiger partial charge on any atom is 0.242 e. The molecule has 0 aromatic carbocycles. The van der Waals surface area contributed by atoms with E-state index in [0.29, 0.717) is 0 Å². The van der Waals surface area contributed by atoms with Crippen molar-refractivity contribution in [3.8, 4) is 0 Å². The van der Waals surface area contributed by atoms with E-state index in [2.05, 4.69) is 13.8 Å². The van der Waals surface area contributed by atoms with Gasteiger partial charge in [0.2, 0.25) is 21.5 Å². The predicted molar refractivity (Wildman–Crippen MR) is 65.1 cm³/mol. The van der Waals surface area contributed by atoms with Crippen molar-refractivity contribution in [1.82, 2.24) is 4.47 Å². The number of sulfonamides is 1. The number of rotatable bonds is 2. The van der Waals surface area contributed by atoms with Gasteiger partial charge in [-0.05, 0) is 22.7 Å². The summed E-state index contributed by atoms with van der Waals surface area (Å²) >= 11 is 0. The zero-order chi connectivity index (χ0) is 13.9. The van der Waals surface area contributed by atoms with Crippen LogP contribution in [0.3, 0.4) is 0 Å². The number of nitrogens with zero attached hydrogens (tertiary/aromatic N) is 1. The van der Waals surface area contributed by atoms with Crippen LogP contribution in [0.2, 0.25) is 0 Å². The Hall–Kier alpha value is -0.210. The minimum absolute atomic E-state index is 0.135. The minimum atomic E-state index is -3.37. The van der Waals surface area contributed by atoms with E-state index in [0.717, 1.165) is 17.3 Å². The van der Waals surface area contributed by atoms with Crippen LogP contribution in [-0.2, 0) is 24.3 Å². The van der Waals surface area contributed by atoms with Crippen molar-refractivity contribution in [1.29, 1.82) is 0 Å². The third-order valence-corrected chi connectivity index (χ3v) is 7.97. The third-order valence-electron chi connectivity index (χ3n) is 6.27. The Morgan fingerprint density at radius 2 is 1.89 bits per heavy atom. The summed E-state index contributed by atoms with van der Waals surface area (Å²) in [5.41, 5.74) is -1.58. The topological polar surface area (TPSA) is 68.1 Å². The highest BCUT2D eigenvalue weighted by atomic mass is 32.2. The zero-order valence-corrected chi connectivity index (χ0v) is 12.4. The average molecular weight is 289 g/mol. The highest BCUT2D eigenvalue weighted by Crippen LogP contribution is 2.83. The summed E-state index contributed by atoms with van der Waals surface area (Å²) < 4.78 is 37.2. The van der Waals surface area contributed by atoms with Gasteiger partial charge in [-0.2, -0.15) is 0 Å². The molecule has 0 amide bonds. The first-order valence-electron chi connectivity index (χ1n) is 6.58. The van der Waals surface area contributed by atoms with Crippen molar-refractivity contribution < 1.29 is 22.7 Å². The van der Waals surface area contributed by atoms with Gasteiger partial charge in [-0.25, -0.2) is 13.3 Å². The molecule has 4 rings (SSSR count). The Labute approximate surface area is 113 Å². The second-order valence-electron chi connectivity index (χ2n) is 6.69. The second-order valence-corrected chi connectivity index (χ2v) is 8.47. The van der Waals surface area contributed by atoms with E-state index in [1.165, 1.54) is 0 Å². The largest absolute Gasteiger partial charge is 0.349 e. The van der Waals surface area contributed by atoms with E-state index in [1.54, 1.807) is 14.2 Å². The number of hydrogen-bond donors (Lipinski definition) is 0. The lowest BCUT2D eigenvalue weighted by Gasteiger charge is -2.40. The summed E-state index contributed by atoms with van der Waals surface area (Å²) in [7, 11) is -0.221. The molecule has 2 aliphatic heterocycles. The molecule has 4 fully saturated rings. The Balaban J connectivity index is 2.03. The molecule has 2 saturated heterocycles. The summed E-state index contributed by atoms with van der Waals surface area (Å²) in [6.07, 6.45) is 1.75. The summed E-state index contributed by atoms with van der Waals surface area (Å²) in [6.45, 7) is 4.24. The Kier molecular flexibility index (Phi) is 1.89. The molecule has 3 unspecified atom stereocenters. The predicted octanol–water partition coefficient (Wildman–Crippen LogP) is 0.699. The molecule has 19 heavy (non-hydrogen) atoms. The fourth-order valence-electron chi connectivity index (χ4n) is 5.42. The third kappa shape index (κ3) is 0.861. The molecular formula is C12H19NO5S. The van der Waals surface area contributed by atoms with Crippen molar-refractivity contribution in [2.45, 2.75) is 38.2 Å². The van der Waals surface area contributed by atoms with E-state index >= 15 is 0 Å². The molecule has 0 aromatic heterocycles. The molecule has 2 spiro atoms. The summed E-state index contributed by atoms with van der Waals surface area (Å²) in [4.78, 5) is 5.63. The van der Waals surface area contributed by atoms with Gasteiger partial charge in [-0.1, -0.05) is 13.8 Å². The van der Waals surface area contributed by atoms with Crippen LogP contribution in [0.15, 0.2) is 0 Å². The van der Waals surface area contributed by atoms with Gasteiger partial charge in [-0.3, -0.25) is 0 Å². The van der Waals surface area contributed by atoms with Crippen molar-refractivity contribution in [3.05, 3.63) is 0 Å². The van der Waals surface area contributed by atoms with Gasteiger partial charge >= 0.3 is 0 Å². The Bertz CT molecular complexity index is 569. The van der Waals surface area contributed by atoms with Crippen LogP contribution >= 0.6 is 0 Å². The number of hydroxylamine groups is 1. The van der Waals surface area contributed by atoms with Gasteiger partial charge in [0.1, 0.15) is 0 Å². The van der Waals surface area contributed by atoms with Crippen LogP contribution in [0.1, 0.15) is 26.7 Å². The maximum atomic E-state index is 12.3. The van der Waals surface area contributed by atoms with Crippen LogP contribution < -0.4 is 0 Å². The smallest absolute Gasteiger partial charge is 0.242 e. The van der Waals surface area contributed by atoms with Gasteiger partial charge < -0.3 is 9.47 Å². The molecule has 0 radical (unpaired) electrons. The van der Waals surface area contributed by atoms with E-state index in [1.807, 2.05) is 0 Å². The van der Waals surface area contributed by atoms with Crippen LogP contribution in [0.25, 0.3) is 0 Å². The van der Waals surface area contributed by atoms with Gasteiger partial charge in [0.05, 0.1) is 5.75 Å². The van der Waals surface area contributed by atoms with Gasteiger partial charge in [0.25, 0.3) is 0 Å². The zero-order valence-electron chi connectivity index (χ0n) is 11.6. The van der Waals surface area contributed by atoms with E-state index < -0.39 is 27.0 Å².